The molecule has 0 fully saturated rings. The Morgan fingerprint density at radius 2 is 2.06 bits per heavy atom. The summed E-state index contributed by atoms with van der Waals surface area (Å²) in [6, 6.07) is 7.65. The van der Waals surface area contributed by atoms with E-state index in [9.17, 15) is 0 Å². The molecule has 0 saturated heterocycles. The Balaban J connectivity index is 2.42. The van der Waals surface area contributed by atoms with Crippen LogP contribution in [0.4, 0.5) is 0 Å². The summed E-state index contributed by atoms with van der Waals surface area (Å²) in [5.41, 5.74) is 8.58. The van der Waals surface area contributed by atoms with Crippen molar-refractivity contribution in [1.29, 1.82) is 0 Å². The maximum absolute atomic E-state index is 6.08. The minimum Gasteiger partial charge on any atom is -0.495 e. The van der Waals surface area contributed by atoms with Gasteiger partial charge < -0.3 is 10.5 Å². The highest BCUT2D eigenvalue weighted by Crippen LogP contribution is 2.30. The van der Waals surface area contributed by atoms with E-state index in [1.807, 2.05) is 24.3 Å². The summed E-state index contributed by atoms with van der Waals surface area (Å²) in [4.78, 5) is 4.15. The second kappa shape index (κ2) is 5.17. The van der Waals surface area contributed by atoms with E-state index in [4.69, 9.17) is 22.1 Å². The third kappa shape index (κ3) is 2.57. The molecule has 2 rings (SSSR count). The summed E-state index contributed by atoms with van der Waals surface area (Å²) in [7, 11) is 1.59. The van der Waals surface area contributed by atoms with E-state index in [-0.39, 0.29) is 0 Å². The smallest absolute Gasteiger partial charge is 0.137 e. The molecule has 88 valence electrons. The van der Waals surface area contributed by atoms with Crippen LogP contribution >= 0.6 is 11.6 Å². The van der Waals surface area contributed by atoms with Gasteiger partial charge >= 0.3 is 0 Å². The van der Waals surface area contributed by atoms with Gasteiger partial charge in [-0.25, -0.2) is 0 Å². The highest BCUT2D eigenvalue weighted by molar-refractivity contribution is 6.32. The third-order valence-electron chi connectivity index (χ3n) is 2.52. The Hall–Kier alpha value is -1.58. The molecule has 2 aromatic rings. The lowest BCUT2D eigenvalue weighted by Gasteiger charge is -2.07. The quantitative estimate of drug-likeness (QED) is 0.909. The van der Waals surface area contributed by atoms with Gasteiger partial charge in [0.1, 0.15) is 5.75 Å². The van der Waals surface area contributed by atoms with Crippen molar-refractivity contribution in [2.24, 2.45) is 5.73 Å². The molecule has 0 saturated carbocycles. The number of nitrogens with two attached hydrogens (primary N) is 1. The van der Waals surface area contributed by atoms with E-state index in [0.29, 0.717) is 17.3 Å². The van der Waals surface area contributed by atoms with Crippen molar-refractivity contribution in [3.63, 3.8) is 0 Å². The van der Waals surface area contributed by atoms with Crippen LogP contribution in [-0.4, -0.2) is 12.1 Å². The molecular formula is C13H13ClN2O. The van der Waals surface area contributed by atoms with E-state index in [1.54, 1.807) is 19.5 Å². The standard InChI is InChI=1S/C13H13ClN2O/c1-17-13-3-2-10(5-12(13)14)11-4-9(6-15)7-16-8-11/h2-5,7-8H,6,15H2,1H3. The molecule has 1 aromatic carbocycles. The Labute approximate surface area is 105 Å². The number of nitrogens with zero attached hydrogens (tertiary/aromatic N) is 1. The maximum Gasteiger partial charge on any atom is 0.137 e. The largest absolute Gasteiger partial charge is 0.495 e. The van der Waals surface area contributed by atoms with Crippen molar-refractivity contribution in [1.82, 2.24) is 4.98 Å². The second-order valence-corrected chi connectivity index (χ2v) is 4.04. The lowest BCUT2D eigenvalue weighted by Crippen LogP contribution is -1.97. The number of halogens is 1. The van der Waals surface area contributed by atoms with Crippen molar-refractivity contribution < 1.29 is 4.74 Å². The SMILES string of the molecule is COc1ccc(-c2cncc(CN)c2)cc1Cl. The molecule has 0 aliphatic heterocycles. The molecule has 0 aliphatic rings. The zero-order chi connectivity index (χ0) is 12.3. The molecule has 17 heavy (non-hydrogen) atoms. The minimum absolute atomic E-state index is 0.477. The number of aromatic nitrogens is 1. The van der Waals surface area contributed by atoms with E-state index < -0.39 is 0 Å². The molecule has 0 unspecified atom stereocenters. The number of rotatable bonds is 3. The van der Waals surface area contributed by atoms with Crippen LogP contribution in [0.3, 0.4) is 0 Å². The van der Waals surface area contributed by atoms with E-state index in [2.05, 4.69) is 4.98 Å². The summed E-state index contributed by atoms with van der Waals surface area (Å²) in [6.07, 6.45) is 3.55. The van der Waals surface area contributed by atoms with Crippen LogP contribution in [-0.2, 0) is 6.54 Å². The van der Waals surface area contributed by atoms with Gasteiger partial charge in [-0.1, -0.05) is 17.7 Å². The summed E-state index contributed by atoms with van der Waals surface area (Å²) >= 11 is 6.08. The summed E-state index contributed by atoms with van der Waals surface area (Å²) < 4.78 is 5.11. The van der Waals surface area contributed by atoms with Gasteiger partial charge in [0.2, 0.25) is 0 Å². The highest BCUT2D eigenvalue weighted by atomic mass is 35.5. The third-order valence-corrected chi connectivity index (χ3v) is 2.81. The first-order valence-electron chi connectivity index (χ1n) is 5.22. The van der Waals surface area contributed by atoms with E-state index in [1.165, 1.54) is 0 Å². The van der Waals surface area contributed by atoms with Crippen LogP contribution in [0.1, 0.15) is 5.56 Å². The average Bonchev–Trinajstić information content (AvgIpc) is 2.38. The minimum atomic E-state index is 0.477. The van der Waals surface area contributed by atoms with E-state index >= 15 is 0 Å². The predicted octanol–water partition coefficient (Wildman–Crippen LogP) is 2.87. The van der Waals surface area contributed by atoms with Gasteiger partial charge in [-0.15, -0.1) is 0 Å². The van der Waals surface area contributed by atoms with Crippen LogP contribution in [0.5, 0.6) is 5.75 Å². The first-order chi connectivity index (χ1) is 8.24. The molecule has 1 aromatic heterocycles. The molecule has 2 N–H and O–H groups in total. The van der Waals surface area contributed by atoms with Gasteiger partial charge in [-0.2, -0.15) is 0 Å². The molecule has 3 nitrogen and oxygen atoms in total. The van der Waals surface area contributed by atoms with Gasteiger partial charge in [0, 0.05) is 24.5 Å². The number of pyridine rings is 1. The number of benzene rings is 1. The van der Waals surface area contributed by atoms with Crippen LogP contribution in [0, 0.1) is 0 Å². The molecule has 0 aliphatic carbocycles. The lowest BCUT2D eigenvalue weighted by atomic mass is 10.1. The Kier molecular flexibility index (Phi) is 3.61. The monoisotopic (exact) mass is 248 g/mol. The molecule has 1 heterocycles. The number of hydrogen-bond acceptors (Lipinski definition) is 3. The fraction of sp³-hybridized carbons (Fsp3) is 0.154. The fourth-order valence-electron chi connectivity index (χ4n) is 1.60. The van der Waals surface area contributed by atoms with Crippen LogP contribution in [0.2, 0.25) is 5.02 Å². The first-order valence-corrected chi connectivity index (χ1v) is 5.60. The zero-order valence-electron chi connectivity index (χ0n) is 9.48. The molecular weight excluding hydrogens is 236 g/mol. The van der Waals surface area contributed by atoms with Crippen molar-refractivity contribution >= 4 is 11.6 Å². The van der Waals surface area contributed by atoms with Crippen molar-refractivity contribution in [3.05, 3.63) is 47.2 Å². The maximum atomic E-state index is 6.08. The van der Waals surface area contributed by atoms with E-state index in [0.717, 1.165) is 16.7 Å². The summed E-state index contributed by atoms with van der Waals surface area (Å²) in [5.74, 6) is 0.665. The zero-order valence-corrected chi connectivity index (χ0v) is 10.2. The molecule has 4 heteroatoms. The summed E-state index contributed by atoms with van der Waals surface area (Å²) in [5, 5.41) is 0.586. The predicted molar refractivity (Wildman–Crippen MR) is 69.1 cm³/mol. The average molecular weight is 249 g/mol. The first kappa shape index (κ1) is 11.9. The van der Waals surface area contributed by atoms with Gasteiger partial charge in [0.15, 0.2) is 0 Å². The van der Waals surface area contributed by atoms with Crippen molar-refractivity contribution in [2.75, 3.05) is 7.11 Å². The number of methoxy groups -OCH3 is 1. The van der Waals surface area contributed by atoms with Gasteiger partial charge in [-0.3, -0.25) is 4.98 Å². The Morgan fingerprint density at radius 1 is 1.24 bits per heavy atom. The van der Waals surface area contributed by atoms with Gasteiger partial charge in [0.05, 0.1) is 12.1 Å². The Morgan fingerprint density at radius 3 is 2.71 bits per heavy atom. The normalized spacial score (nSPS) is 10.3. The number of hydrogen-bond donors (Lipinski definition) is 1. The van der Waals surface area contributed by atoms with Crippen molar-refractivity contribution in [3.8, 4) is 16.9 Å². The molecule has 0 amide bonds. The molecule has 0 atom stereocenters. The number of ether oxygens (including phenoxy) is 1. The Bertz CT molecular complexity index is 529. The molecule has 0 spiro atoms. The van der Waals surface area contributed by atoms with Gasteiger partial charge in [-0.05, 0) is 29.3 Å². The fourth-order valence-corrected chi connectivity index (χ4v) is 1.86. The van der Waals surface area contributed by atoms with Crippen molar-refractivity contribution in [2.45, 2.75) is 6.54 Å². The lowest BCUT2D eigenvalue weighted by molar-refractivity contribution is 0.415. The van der Waals surface area contributed by atoms with Crippen LogP contribution in [0.15, 0.2) is 36.7 Å². The second-order valence-electron chi connectivity index (χ2n) is 3.64. The van der Waals surface area contributed by atoms with Crippen LogP contribution < -0.4 is 10.5 Å². The summed E-state index contributed by atoms with van der Waals surface area (Å²) in [6.45, 7) is 0.477. The highest BCUT2D eigenvalue weighted by Gasteiger charge is 2.04. The molecule has 0 radical (unpaired) electrons. The van der Waals surface area contributed by atoms with Gasteiger partial charge in [0.25, 0.3) is 0 Å². The topological polar surface area (TPSA) is 48.1 Å². The molecule has 0 bridgehead atoms. The van der Waals surface area contributed by atoms with Crippen LogP contribution in [0.25, 0.3) is 11.1 Å².